The number of likely N-dealkylation sites (tertiary alicyclic amines) is 1. The van der Waals surface area contributed by atoms with Crippen molar-refractivity contribution in [2.45, 2.75) is 43.7 Å². The second kappa shape index (κ2) is 6.95. The minimum Gasteiger partial charge on any atom is -0.387 e. The van der Waals surface area contributed by atoms with E-state index in [9.17, 15) is 18.3 Å². The Hall–Kier alpha value is -1.29. The Kier molecular flexibility index (Phi) is 4.90. The van der Waals surface area contributed by atoms with Crippen molar-refractivity contribution < 1.29 is 13.5 Å². The predicted octanol–water partition coefficient (Wildman–Crippen LogP) is -0.161. The van der Waals surface area contributed by atoms with Gasteiger partial charge in [0.15, 0.2) is 0 Å². The first-order chi connectivity index (χ1) is 12.7. The smallest absolute Gasteiger partial charge is 0.266 e. The van der Waals surface area contributed by atoms with Crippen LogP contribution < -0.4 is 5.56 Å². The Bertz CT molecular complexity index is 860. The van der Waals surface area contributed by atoms with Crippen molar-refractivity contribution >= 4 is 10.0 Å². The lowest BCUT2D eigenvalue weighted by molar-refractivity contribution is -0.0612. The number of rotatable bonds is 6. The first kappa shape index (κ1) is 19.0. The lowest BCUT2D eigenvalue weighted by Crippen LogP contribution is -2.60. The van der Waals surface area contributed by atoms with E-state index in [1.807, 2.05) is 6.07 Å². The summed E-state index contributed by atoms with van der Waals surface area (Å²) < 4.78 is 26.5. The summed E-state index contributed by atoms with van der Waals surface area (Å²) in [5, 5.41) is 15.4. The first-order valence-corrected chi connectivity index (χ1v) is 11.5. The number of aromatic nitrogens is 2. The van der Waals surface area contributed by atoms with Gasteiger partial charge in [0.25, 0.3) is 5.56 Å². The van der Waals surface area contributed by atoms with Crippen LogP contribution in [0.4, 0.5) is 0 Å². The van der Waals surface area contributed by atoms with Gasteiger partial charge in [0.1, 0.15) is 0 Å². The monoisotopic (exact) mass is 396 g/mol. The van der Waals surface area contributed by atoms with E-state index in [0.717, 1.165) is 31.6 Å². The van der Waals surface area contributed by atoms with Crippen LogP contribution in [0.5, 0.6) is 0 Å². The molecule has 9 heteroatoms. The molecular formula is C18H28N4O4S. The third-order valence-electron chi connectivity index (χ3n) is 5.85. The molecule has 1 atom stereocenters. The fraction of sp³-hybridized carbons (Fsp3) is 0.778. The zero-order valence-electron chi connectivity index (χ0n) is 15.7. The summed E-state index contributed by atoms with van der Waals surface area (Å²) in [6.45, 7) is 3.31. The second-order valence-corrected chi connectivity index (χ2v) is 10.5. The van der Waals surface area contributed by atoms with E-state index >= 15 is 0 Å². The highest BCUT2D eigenvalue weighted by Gasteiger charge is 2.40. The van der Waals surface area contributed by atoms with E-state index in [0.29, 0.717) is 44.3 Å². The predicted molar refractivity (Wildman–Crippen MR) is 101 cm³/mol. The van der Waals surface area contributed by atoms with Gasteiger partial charge in [-0.1, -0.05) is 0 Å². The summed E-state index contributed by atoms with van der Waals surface area (Å²) in [5.41, 5.74) is -0.0384. The number of hydrogen-bond donors (Lipinski definition) is 1. The van der Waals surface area contributed by atoms with Crippen molar-refractivity contribution in [3.05, 3.63) is 28.2 Å². The Labute approximate surface area is 159 Å². The molecule has 3 heterocycles. The fourth-order valence-electron chi connectivity index (χ4n) is 4.26. The maximum absolute atomic E-state index is 12.1. The molecule has 1 aromatic heterocycles. The second-order valence-electron chi connectivity index (χ2n) is 8.54. The van der Waals surface area contributed by atoms with Crippen molar-refractivity contribution in [2.75, 3.05) is 39.0 Å². The average Bonchev–Trinajstić information content (AvgIpc) is 3.38. The Balaban J connectivity index is 1.31. The molecule has 3 fully saturated rings. The Morgan fingerprint density at radius 2 is 2.04 bits per heavy atom. The van der Waals surface area contributed by atoms with E-state index in [-0.39, 0.29) is 12.1 Å². The van der Waals surface area contributed by atoms with Crippen LogP contribution in [0.3, 0.4) is 0 Å². The Morgan fingerprint density at radius 1 is 1.30 bits per heavy atom. The molecule has 1 aliphatic carbocycles. The van der Waals surface area contributed by atoms with E-state index in [1.54, 1.807) is 10.7 Å². The van der Waals surface area contributed by atoms with E-state index in [1.165, 1.54) is 10.6 Å². The third-order valence-corrected chi connectivity index (χ3v) is 7.10. The summed E-state index contributed by atoms with van der Waals surface area (Å²) in [5.74, 6) is 0.857. The van der Waals surface area contributed by atoms with Gasteiger partial charge < -0.3 is 5.11 Å². The molecule has 150 valence electrons. The normalized spacial score (nSPS) is 28.2. The number of nitrogens with zero attached hydrogens (tertiary/aromatic N) is 4. The minimum atomic E-state index is -3.28. The number of aliphatic hydroxyl groups is 1. The van der Waals surface area contributed by atoms with Gasteiger partial charge in [-0.15, -0.1) is 0 Å². The molecule has 2 saturated heterocycles. The highest BCUT2D eigenvalue weighted by Crippen LogP contribution is 2.38. The summed E-state index contributed by atoms with van der Waals surface area (Å²) in [7, 11) is -3.28. The lowest BCUT2D eigenvalue weighted by Gasteiger charge is -2.46. The van der Waals surface area contributed by atoms with Crippen molar-refractivity contribution in [1.29, 1.82) is 0 Å². The van der Waals surface area contributed by atoms with Gasteiger partial charge in [-0.25, -0.2) is 13.1 Å². The van der Waals surface area contributed by atoms with Gasteiger partial charge in [0.05, 0.1) is 24.1 Å². The SMILES string of the molecule is CS(=O)(=O)N1CCCC(O)(CN2CC(Cn3nc(C4CC4)ccc3=O)C2)C1. The van der Waals surface area contributed by atoms with Crippen LogP contribution in [0.2, 0.25) is 0 Å². The molecular weight excluding hydrogens is 368 g/mol. The molecule has 8 nitrogen and oxygen atoms in total. The van der Waals surface area contributed by atoms with Crippen LogP contribution in [0.25, 0.3) is 0 Å². The van der Waals surface area contributed by atoms with Crippen molar-refractivity contribution in [1.82, 2.24) is 19.0 Å². The number of sulfonamides is 1. The van der Waals surface area contributed by atoms with Crippen molar-refractivity contribution in [3.63, 3.8) is 0 Å². The highest BCUT2D eigenvalue weighted by molar-refractivity contribution is 7.88. The maximum Gasteiger partial charge on any atom is 0.266 e. The van der Waals surface area contributed by atoms with Crippen molar-refractivity contribution in [3.8, 4) is 0 Å². The van der Waals surface area contributed by atoms with Crippen LogP contribution >= 0.6 is 0 Å². The van der Waals surface area contributed by atoms with Crippen LogP contribution in [0.1, 0.15) is 37.3 Å². The molecule has 0 aromatic carbocycles. The summed E-state index contributed by atoms with van der Waals surface area (Å²) >= 11 is 0. The summed E-state index contributed by atoms with van der Waals surface area (Å²) in [6, 6.07) is 3.46. The van der Waals surface area contributed by atoms with E-state index in [2.05, 4.69) is 10.00 Å². The number of piperidine rings is 1. The molecule has 0 amide bonds. The van der Waals surface area contributed by atoms with Gasteiger partial charge in [0, 0.05) is 50.6 Å². The molecule has 27 heavy (non-hydrogen) atoms. The highest BCUT2D eigenvalue weighted by atomic mass is 32.2. The fourth-order valence-corrected chi connectivity index (χ4v) is 5.19. The number of β-amino-alcohol motifs (C(OH)–C–C–N with tert-alkyl or cyclic N) is 1. The molecule has 0 bridgehead atoms. The van der Waals surface area contributed by atoms with Crippen LogP contribution in [0.15, 0.2) is 16.9 Å². The molecule has 0 radical (unpaired) electrons. The Morgan fingerprint density at radius 3 is 2.70 bits per heavy atom. The standard InChI is InChI=1S/C18H28N4O4S/c1-27(25,26)21-8-2-7-18(24,13-21)12-20-9-14(10-20)11-22-17(23)6-5-16(19-22)15-3-4-15/h5-6,14-15,24H,2-4,7-13H2,1H3. The van der Waals surface area contributed by atoms with Crippen LogP contribution in [-0.4, -0.2) is 77.1 Å². The number of hydrogen-bond acceptors (Lipinski definition) is 6. The molecule has 1 aromatic rings. The minimum absolute atomic E-state index is 0.0625. The van der Waals surface area contributed by atoms with E-state index < -0.39 is 15.6 Å². The van der Waals surface area contributed by atoms with Crippen LogP contribution in [0, 0.1) is 5.92 Å². The van der Waals surface area contributed by atoms with Crippen molar-refractivity contribution in [2.24, 2.45) is 5.92 Å². The molecule has 2 aliphatic heterocycles. The molecule has 1 unspecified atom stereocenters. The lowest BCUT2D eigenvalue weighted by atomic mass is 9.90. The zero-order chi connectivity index (χ0) is 19.2. The van der Waals surface area contributed by atoms with Gasteiger partial charge in [0.2, 0.25) is 10.0 Å². The topological polar surface area (TPSA) is 95.7 Å². The molecule has 0 spiro atoms. The molecule has 1 saturated carbocycles. The molecule has 3 aliphatic rings. The zero-order valence-corrected chi connectivity index (χ0v) is 16.6. The molecule has 4 rings (SSSR count). The maximum atomic E-state index is 12.1. The summed E-state index contributed by atoms with van der Waals surface area (Å²) in [4.78, 5) is 14.2. The summed E-state index contributed by atoms with van der Waals surface area (Å²) in [6.07, 6.45) is 4.80. The van der Waals surface area contributed by atoms with Gasteiger partial charge >= 0.3 is 0 Å². The van der Waals surface area contributed by atoms with E-state index in [4.69, 9.17) is 0 Å². The average molecular weight is 397 g/mol. The van der Waals surface area contributed by atoms with Crippen LogP contribution in [-0.2, 0) is 16.6 Å². The largest absolute Gasteiger partial charge is 0.387 e. The quantitative estimate of drug-likeness (QED) is 0.718. The van der Waals surface area contributed by atoms with Gasteiger partial charge in [-0.05, 0) is 31.7 Å². The van der Waals surface area contributed by atoms with Gasteiger partial charge in [-0.2, -0.15) is 9.40 Å². The molecule has 1 N–H and O–H groups in total. The van der Waals surface area contributed by atoms with Gasteiger partial charge in [-0.3, -0.25) is 9.69 Å². The third kappa shape index (κ3) is 4.42. The first-order valence-electron chi connectivity index (χ1n) is 9.70.